The van der Waals surface area contributed by atoms with Crippen LogP contribution in [0, 0.1) is 5.92 Å². The number of hydrogen-bond acceptors (Lipinski definition) is 3. The first-order valence-electron chi connectivity index (χ1n) is 4.80. The first kappa shape index (κ1) is 12.4. The monoisotopic (exact) mass is 187 g/mol. The molecule has 1 unspecified atom stereocenters. The second-order valence-corrected chi connectivity index (χ2v) is 3.80. The maximum Gasteiger partial charge on any atom is 0.307 e. The summed E-state index contributed by atoms with van der Waals surface area (Å²) < 4.78 is 4.91. The van der Waals surface area contributed by atoms with Gasteiger partial charge in [-0.05, 0) is 26.8 Å². The summed E-state index contributed by atoms with van der Waals surface area (Å²) in [6.45, 7) is 8.50. The molecule has 0 aromatic rings. The Morgan fingerprint density at radius 1 is 1.54 bits per heavy atom. The van der Waals surface area contributed by atoms with Gasteiger partial charge in [0.15, 0.2) is 0 Å². The molecule has 3 heteroatoms. The molecule has 3 nitrogen and oxygen atoms in total. The number of rotatable bonds is 5. The van der Waals surface area contributed by atoms with Crippen LogP contribution >= 0.6 is 0 Å². The highest BCUT2D eigenvalue weighted by Gasteiger charge is 2.29. The molecule has 0 fully saturated rings. The van der Waals surface area contributed by atoms with Crippen molar-refractivity contribution in [1.82, 2.24) is 5.32 Å². The van der Waals surface area contributed by atoms with Crippen molar-refractivity contribution >= 4 is 5.97 Å². The third-order valence-electron chi connectivity index (χ3n) is 2.66. The van der Waals surface area contributed by atoms with Gasteiger partial charge in [0.2, 0.25) is 0 Å². The summed E-state index contributed by atoms with van der Waals surface area (Å²) in [6.07, 6.45) is 0.426. The van der Waals surface area contributed by atoms with Crippen LogP contribution in [0.3, 0.4) is 0 Å². The lowest BCUT2D eigenvalue weighted by Crippen LogP contribution is -2.46. The fourth-order valence-corrected chi connectivity index (χ4v) is 1.09. The van der Waals surface area contributed by atoms with E-state index in [1.54, 1.807) is 0 Å². The molecule has 1 N–H and O–H groups in total. The first-order chi connectivity index (χ1) is 5.96. The Hall–Kier alpha value is -0.570. The van der Waals surface area contributed by atoms with E-state index in [-0.39, 0.29) is 11.5 Å². The van der Waals surface area contributed by atoms with Crippen molar-refractivity contribution in [3.05, 3.63) is 0 Å². The molecule has 1 atom stereocenters. The van der Waals surface area contributed by atoms with E-state index in [4.69, 9.17) is 4.74 Å². The van der Waals surface area contributed by atoms with Crippen LogP contribution in [0.2, 0.25) is 0 Å². The van der Waals surface area contributed by atoms with Crippen molar-refractivity contribution in [2.75, 3.05) is 13.7 Å². The largest absolute Gasteiger partial charge is 0.466 e. The van der Waals surface area contributed by atoms with Gasteiger partial charge in [-0.25, -0.2) is 0 Å². The molecule has 78 valence electrons. The highest BCUT2D eigenvalue weighted by molar-refractivity contribution is 5.70. The minimum atomic E-state index is -0.160. The number of ether oxygens (including phenoxy) is 1. The molecule has 0 bridgehead atoms. The van der Waals surface area contributed by atoms with Crippen LogP contribution in [0.25, 0.3) is 0 Å². The fraction of sp³-hybridized carbons (Fsp3) is 0.900. The Balaban J connectivity index is 4.19. The molecular formula is C10H21NO2. The van der Waals surface area contributed by atoms with E-state index in [1.807, 2.05) is 20.9 Å². The lowest BCUT2D eigenvalue weighted by molar-refractivity contribution is -0.145. The smallest absolute Gasteiger partial charge is 0.307 e. The minimum absolute atomic E-state index is 0.131. The standard InChI is InChI=1S/C10H21NO2/c1-6-13-9(12)7-10(4,11-5)8(2)3/h8,11H,6-7H2,1-5H3. The molecule has 0 amide bonds. The molecular weight excluding hydrogens is 166 g/mol. The van der Waals surface area contributed by atoms with Gasteiger partial charge in [-0.15, -0.1) is 0 Å². The van der Waals surface area contributed by atoms with E-state index in [0.717, 1.165) is 0 Å². The predicted octanol–water partition coefficient (Wildman–Crippen LogP) is 1.57. The van der Waals surface area contributed by atoms with Crippen LogP contribution in [0.4, 0.5) is 0 Å². The van der Waals surface area contributed by atoms with Crippen LogP contribution in [0.1, 0.15) is 34.1 Å². The van der Waals surface area contributed by atoms with Gasteiger partial charge >= 0.3 is 5.97 Å². The van der Waals surface area contributed by atoms with Crippen LogP contribution in [0.15, 0.2) is 0 Å². The van der Waals surface area contributed by atoms with E-state index in [0.29, 0.717) is 18.9 Å². The zero-order valence-electron chi connectivity index (χ0n) is 9.31. The van der Waals surface area contributed by atoms with Crippen molar-refractivity contribution in [3.63, 3.8) is 0 Å². The lowest BCUT2D eigenvalue weighted by atomic mass is 9.85. The highest BCUT2D eigenvalue weighted by atomic mass is 16.5. The quantitative estimate of drug-likeness (QED) is 0.664. The van der Waals surface area contributed by atoms with Crippen molar-refractivity contribution in [1.29, 1.82) is 0 Å². The van der Waals surface area contributed by atoms with Crippen molar-refractivity contribution in [3.8, 4) is 0 Å². The lowest BCUT2D eigenvalue weighted by Gasteiger charge is -2.32. The summed E-state index contributed by atoms with van der Waals surface area (Å²) in [5.74, 6) is 0.273. The van der Waals surface area contributed by atoms with Crippen molar-refractivity contribution < 1.29 is 9.53 Å². The summed E-state index contributed by atoms with van der Waals surface area (Å²) in [6, 6.07) is 0. The van der Waals surface area contributed by atoms with Crippen LogP contribution in [0.5, 0.6) is 0 Å². The van der Waals surface area contributed by atoms with Gasteiger partial charge in [-0.3, -0.25) is 4.79 Å². The second kappa shape index (κ2) is 5.22. The van der Waals surface area contributed by atoms with Gasteiger partial charge in [0.25, 0.3) is 0 Å². The molecule has 0 rings (SSSR count). The second-order valence-electron chi connectivity index (χ2n) is 3.80. The summed E-state index contributed by atoms with van der Waals surface area (Å²) in [4.78, 5) is 11.3. The maximum absolute atomic E-state index is 11.3. The van der Waals surface area contributed by atoms with Gasteiger partial charge in [-0.1, -0.05) is 13.8 Å². The Morgan fingerprint density at radius 2 is 2.08 bits per heavy atom. The Bertz CT molecular complexity index is 168. The van der Waals surface area contributed by atoms with Gasteiger partial charge in [0.1, 0.15) is 0 Å². The zero-order chi connectivity index (χ0) is 10.5. The predicted molar refractivity (Wildman–Crippen MR) is 53.6 cm³/mol. The third-order valence-corrected chi connectivity index (χ3v) is 2.66. The average Bonchev–Trinajstić information content (AvgIpc) is 2.04. The minimum Gasteiger partial charge on any atom is -0.466 e. The van der Waals surface area contributed by atoms with Gasteiger partial charge in [-0.2, -0.15) is 0 Å². The molecule has 0 heterocycles. The number of carbonyl (C=O) groups is 1. The van der Waals surface area contributed by atoms with Crippen molar-refractivity contribution in [2.24, 2.45) is 5.92 Å². The molecule has 0 aliphatic rings. The topological polar surface area (TPSA) is 38.3 Å². The van der Waals surface area contributed by atoms with Gasteiger partial charge < -0.3 is 10.1 Å². The molecule has 0 saturated heterocycles. The van der Waals surface area contributed by atoms with Crippen LogP contribution < -0.4 is 5.32 Å². The molecule has 0 aliphatic carbocycles. The Morgan fingerprint density at radius 3 is 2.38 bits per heavy atom. The Labute approximate surface area is 80.8 Å². The highest BCUT2D eigenvalue weighted by Crippen LogP contribution is 2.20. The fourth-order valence-electron chi connectivity index (χ4n) is 1.09. The van der Waals surface area contributed by atoms with E-state index in [2.05, 4.69) is 19.2 Å². The third kappa shape index (κ3) is 3.77. The summed E-state index contributed by atoms with van der Waals surface area (Å²) in [5.41, 5.74) is -0.160. The van der Waals surface area contributed by atoms with E-state index in [1.165, 1.54) is 0 Å². The molecule has 0 aromatic heterocycles. The van der Waals surface area contributed by atoms with Gasteiger partial charge in [0, 0.05) is 5.54 Å². The molecule has 0 aliphatic heterocycles. The summed E-state index contributed by atoms with van der Waals surface area (Å²) in [5, 5.41) is 3.17. The number of carbonyl (C=O) groups excluding carboxylic acids is 1. The maximum atomic E-state index is 11.3. The van der Waals surface area contributed by atoms with Crippen LogP contribution in [-0.2, 0) is 9.53 Å². The van der Waals surface area contributed by atoms with Crippen LogP contribution in [-0.4, -0.2) is 25.2 Å². The summed E-state index contributed by atoms with van der Waals surface area (Å²) >= 11 is 0. The number of esters is 1. The van der Waals surface area contributed by atoms with E-state index in [9.17, 15) is 4.79 Å². The Kier molecular flexibility index (Phi) is 4.99. The van der Waals surface area contributed by atoms with Crippen molar-refractivity contribution in [2.45, 2.75) is 39.7 Å². The van der Waals surface area contributed by atoms with E-state index < -0.39 is 0 Å². The molecule has 0 radical (unpaired) electrons. The van der Waals surface area contributed by atoms with Gasteiger partial charge in [0.05, 0.1) is 13.0 Å². The normalized spacial score (nSPS) is 15.5. The van der Waals surface area contributed by atoms with E-state index >= 15 is 0 Å². The molecule has 0 aromatic carbocycles. The average molecular weight is 187 g/mol. The SMILES string of the molecule is CCOC(=O)CC(C)(NC)C(C)C. The number of nitrogens with one attached hydrogen (secondary N) is 1. The zero-order valence-corrected chi connectivity index (χ0v) is 9.31. The molecule has 0 saturated carbocycles. The molecule has 0 spiro atoms. The molecule has 13 heavy (non-hydrogen) atoms. The first-order valence-corrected chi connectivity index (χ1v) is 4.80. The summed E-state index contributed by atoms with van der Waals surface area (Å²) in [7, 11) is 1.87. The number of hydrogen-bond donors (Lipinski definition) is 1.